The molecule has 3 rings (SSSR count). The van der Waals surface area contributed by atoms with E-state index in [1.54, 1.807) is 50.4 Å². The predicted molar refractivity (Wildman–Crippen MR) is 139 cm³/mol. The number of amides is 2. The van der Waals surface area contributed by atoms with Crippen LogP contribution >= 0.6 is 0 Å². The zero-order valence-corrected chi connectivity index (χ0v) is 22.1. The van der Waals surface area contributed by atoms with Crippen LogP contribution in [0, 0.1) is 0 Å². The molecule has 1 N–H and O–H groups in total. The molecule has 1 fully saturated rings. The van der Waals surface area contributed by atoms with Crippen LogP contribution in [-0.2, 0) is 26.2 Å². The third kappa shape index (κ3) is 7.13. The summed E-state index contributed by atoms with van der Waals surface area (Å²) >= 11 is 0. The number of carbonyl (C=O) groups excluding carboxylic acids is 2. The van der Waals surface area contributed by atoms with Crippen molar-refractivity contribution in [2.75, 3.05) is 31.3 Å². The maximum absolute atomic E-state index is 13.6. The first-order valence-electron chi connectivity index (χ1n) is 12.0. The van der Waals surface area contributed by atoms with Gasteiger partial charge in [-0.2, -0.15) is 0 Å². The fourth-order valence-corrected chi connectivity index (χ4v) is 5.12. The van der Waals surface area contributed by atoms with Gasteiger partial charge in [-0.3, -0.25) is 13.9 Å². The van der Waals surface area contributed by atoms with Gasteiger partial charge in [0.2, 0.25) is 21.8 Å². The molecule has 0 saturated heterocycles. The molecule has 36 heavy (non-hydrogen) atoms. The molecule has 0 spiro atoms. The second kappa shape index (κ2) is 12.1. The van der Waals surface area contributed by atoms with Crippen LogP contribution in [0.25, 0.3) is 0 Å². The van der Waals surface area contributed by atoms with Crippen LogP contribution in [0.3, 0.4) is 0 Å². The first kappa shape index (κ1) is 27.3. The lowest BCUT2D eigenvalue weighted by molar-refractivity contribution is -0.139. The van der Waals surface area contributed by atoms with Crippen LogP contribution in [0.5, 0.6) is 11.5 Å². The van der Waals surface area contributed by atoms with Gasteiger partial charge in [0.15, 0.2) is 0 Å². The Morgan fingerprint density at radius 1 is 1.03 bits per heavy atom. The molecule has 0 aromatic heterocycles. The average Bonchev–Trinajstić information content (AvgIpc) is 3.38. The van der Waals surface area contributed by atoms with Gasteiger partial charge in [-0.05, 0) is 49.6 Å². The number of rotatable bonds is 11. The Balaban J connectivity index is 1.88. The van der Waals surface area contributed by atoms with Crippen molar-refractivity contribution < 1.29 is 27.5 Å². The molecule has 1 saturated carbocycles. The molecule has 0 aliphatic heterocycles. The summed E-state index contributed by atoms with van der Waals surface area (Å²) in [6.07, 6.45) is 5.02. The molecule has 9 nitrogen and oxygen atoms in total. The highest BCUT2D eigenvalue weighted by molar-refractivity contribution is 7.92. The number of ether oxygens (including phenoxy) is 2. The Hall–Kier alpha value is -3.27. The van der Waals surface area contributed by atoms with E-state index in [2.05, 4.69) is 5.32 Å². The lowest BCUT2D eigenvalue weighted by Gasteiger charge is -2.32. The lowest BCUT2D eigenvalue weighted by atomic mass is 10.1. The number of methoxy groups -OCH3 is 2. The molecule has 1 aliphatic rings. The van der Waals surface area contributed by atoms with Crippen LogP contribution in [0.4, 0.5) is 5.69 Å². The molecule has 0 heterocycles. The molecule has 0 bridgehead atoms. The van der Waals surface area contributed by atoms with E-state index < -0.39 is 28.5 Å². The van der Waals surface area contributed by atoms with E-state index >= 15 is 0 Å². The van der Waals surface area contributed by atoms with E-state index in [-0.39, 0.29) is 18.5 Å². The van der Waals surface area contributed by atoms with Gasteiger partial charge in [-0.25, -0.2) is 8.42 Å². The number of benzene rings is 2. The maximum Gasteiger partial charge on any atom is 0.244 e. The normalized spacial score (nSPS) is 14.7. The number of hydrogen-bond donors (Lipinski definition) is 1. The summed E-state index contributed by atoms with van der Waals surface area (Å²) in [6.45, 7) is 1.35. The molecule has 1 atom stereocenters. The summed E-state index contributed by atoms with van der Waals surface area (Å²) in [5.41, 5.74) is 1.09. The summed E-state index contributed by atoms with van der Waals surface area (Å²) in [5, 5.41) is 3.05. The van der Waals surface area contributed by atoms with Crippen molar-refractivity contribution in [3.8, 4) is 11.5 Å². The largest absolute Gasteiger partial charge is 0.497 e. The summed E-state index contributed by atoms with van der Waals surface area (Å²) in [7, 11) is -0.754. The number of anilines is 1. The smallest absolute Gasteiger partial charge is 0.244 e. The van der Waals surface area contributed by atoms with Crippen molar-refractivity contribution in [1.82, 2.24) is 10.2 Å². The number of nitrogens with one attached hydrogen (secondary N) is 1. The minimum absolute atomic E-state index is 0.0993. The van der Waals surface area contributed by atoms with Gasteiger partial charge in [-0.1, -0.05) is 31.0 Å². The molecule has 196 valence electrons. The SMILES string of the molecule is COc1ccc(CN(C(=O)CN(c2cccc(OC)c2)S(C)(=O)=O)C(C)C(=O)NC2CCCC2)cc1. The standard InChI is InChI=1S/C26H35N3O6S/c1-19(26(31)27-21-8-5-6-9-21)28(17-20-12-14-23(34-2)15-13-20)25(30)18-29(36(4,32)33)22-10-7-11-24(16-22)35-3/h7,10-16,19,21H,5-6,8-9,17-18H2,1-4H3,(H,27,31). The average molecular weight is 518 g/mol. The summed E-state index contributed by atoms with van der Waals surface area (Å²) in [6, 6.07) is 13.0. The molecule has 1 unspecified atom stereocenters. The first-order valence-corrected chi connectivity index (χ1v) is 13.8. The Kier molecular flexibility index (Phi) is 9.19. The fraction of sp³-hybridized carbons (Fsp3) is 0.462. The predicted octanol–water partition coefficient (Wildman–Crippen LogP) is 2.95. The van der Waals surface area contributed by atoms with Gasteiger partial charge < -0.3 is 19.7 Å². The Morgan fingerprint density at radius 2 is 1.67 bits per heavy atom. The number of sulfonamides is 1. The van der Waals surface area contributed by atoms with E-state index in [1.807, 2.05) is 12.1 Å². The first-order chi connectivity index (χ1) is 17.1. The molecule has 10 heteroatoms. The van der Waals surface area contributed by atoms with Crippen molar-refractivity contribution in [2.24, 2.45) is 0 Å². The van der Waals surface area contributed by atoms with Crippen LogP contribution in [0.15, 0.2) is 48.5 Å². The highest BCUT2D eigenvalue weighted by Crippen LogP contribution is 2.24. The van der Waals surface area contributed by atoms with E-state index in [0.29, 0.717) is 17.2 Å². The highest BCUT2D eigenvalue weighted by atomic mass is 32.2. The third-order valence-corrected chi connectivity index (χ3v) is 7.54. The number of hydrogen-bond acceptors (Lipinski definition) is 6. The Bertz CT molecular complexity index is 1150. The van der Waals surface area contributed by atoms with Crippen LogP contribution in [0.2, 0.25) is 0 Å². The van der Waals surface area contributed by atoms with Gasteiger partial charge in [0.05, 0.1) is 26.2 Å². The van der Waals surface area contributed by atoms with E-state index in [1.165, 1.54) is 12.0 Å². The van der Waals surface area contributed by atoms with E-state index in [9.17, 15) is 18.0 Å². The number of nitrogens with zero attached hydrogens (tertiary/aromatic N) is 2. The lowest BCUT2D eigenvalue weighted by Crippen LogP contribution is -2.52. The summed E-state index contributed by atoms with van der Waals surface area (Å²) < 4.78 is 36.8. The van der Waals surface area contributed by atoms with Crippen molar-refractivity contribution in [3.05, 3.63) is 54.1 Å². The Labute approximate surface area is 213 Å². The topological polar surface area (TPSA) is 105 Å². The molecular formula is C26H35N3O6S. The van der Waals surface area contributed by atoms with Crippen molar-refractivity contribution in [2.45, 2.75) is 51.2 Å². The zero-order chi connectivity index (χ0) is 26.3. The van der Waals surface area contributed by atoms with E-state index in [4.69, 9.17) is 9.47 Å². The molecule has 0 radical (unpaired) electrons. The minimum atomic E-state index is -3.80. The Morgan fingerprint density at radius 3 is 2.25 bits per heavy atom. The highest BCUT2D eigenvalue weighted by Gasteiger charge is 2.31. The van der Waals surface area contributed by atoms with Crippen molar-refractivity contribution in [3.63, 3.8) is 0 Å². The molecule has 1 aliphatic carbocycles. The quantitative estimate of drug-likeness (QED) is 0.491. The maximum atomic E-state index is 13.6. The van der Waals surface area contributed by atoms with Crippen molar-refractivity contribution >= 4 is 27.5 Å². The molecular weight excluding hydrogens is 482 g/mol. The fourth-order valence-electron chi connectivity index (χ4n) is 4.28. The monoisotopic (exact) mass is 517 g/mol. The second-order valence-electron chi connectivity index (χ2n) is 9.01. The second-order valence-corrected chi connectivity index (χ2v) is 10.9. The van der Waals surface area contributed by atoms with Crippen LogP contribution in [-0.4, -0.2) is 64.2 Å². The van der Waals surface area contributed by atoms with Gasteiger partial charge in [-0.15, -0.1) is 0 Å². The minimum Gasteiger partial charge on any atom is -0.497 e. The van der Waals surface area contributed by atoms with Crippen LogP contribution in [0.1, 0.15) is 38.2 Å². The van der Waals surface area contributed by atoms with Gasteiger partial charge >= 0.3 is 0 Å². The molecule has 2 aromatic carbocycles. The van der Waals surface area contributed by atoms with Gasteiger partial charge in [0.25, 0.3) is 0 Å². The summed E-state index contributed by atoms with van der Waals surface area (Å²) in [4.78, 5) is 28.1. The van der Waals surface area contributed by atoms with E-state index in [0.717, 1.165) is 41.8 Å². The third-order valence-electron chi connectivity index (χ3n) is 6.40. The van der Waals surface area contributed by atoms with Gasteiger partial charge in [0, 0.05) is 18.7 Å². The number of carbonyl (C=O) groups is 2. The zero-order valence-electron chi connectivity index (χ0n) is 21.3. The summed E-state index contributed by atoms with van der Waals surface area (Å²) in [5.74, 6) is 0.391. The molecule has 2 amide bonds. The van der Waals surface area contributed by atoms with Crippen molar-refractivity contribution in [1.29, 1.82) is 0 Å². The van der Waals surface area contributed by atoms with Crippen LogP contribution < -0.4 is 19.1 Å². The molecule has 2 aromatic rings. The van der Waals surface area contributed by atoms with Gasteiger partial charge in [0.1, 0.15) is 24.1 Å².